The molecule has 0 aliphatic carbocycles. The number of rotatable bonds is 7. The number of halogens is 1. The highest BCUT2D eigenvalue weighted by Crippen LogP contribution is 2.28. The van der Waals surface area contributed by atoms with Crippen LogP contribution < -0.4 is 0 Å². The molecule has 0 bridgehead atoms. The van der Waals surface area contributed by atoms with Crippen LogP contribution >= 0.6 is 15.9 Å². The third-order valence-corrected chi connectivity index (χ3v) is 5.39. The Morgan fingerprint density at radius 3 is 2.31 bits per heavy atom. The molecule has 0 saturated carbocycles. The molecule has 1 heterocycles. The summed E-state index contributed by atoms with van der Waals surface area (Å²) in [5, 5.41) is 20.4. The summed E-state index contributed by atoms with van der Waals surface area (Å²) in [5.74, 6) is 0.500. The number of hydrogen-bond acceptors (Lipinski definition) is 6. The van der Waals surface area contributed by atoms with Gasteiger partial charge in [-0.3, -0.25) is 14.9 Å². The molecule has 2 N–H and O–H groups in total. The van der Waals surface area contributed by atoms with Crippen molar-refractivity contribution in [3.05, 3.63) is 57.6 Å². The molecule has 1 fully saturated rings. The first-order chi connectivity index (χ1) is 14.0. The van der Waals surface area contributed by atoms with Crippen LogP contribution in [0.5, 0.6) is 11.5 Å². The van der Waals surface area contributed by atoms with Gasteiger partial charge >= 0.3 is 0 Å². The van der Waals surface area contributed by atoms with Crippen molar-refractivity contribution >= 4 is 28.4 Å². The van der Waals surface area contributed by atoms with Crippen LogP contribution in [-0.4, -0.2) is 78.8 Å². The lowest BCUT2D eigenvalue weighted by atomic mass is 10.1. The average molecular weight is 459 g/mol. The maximum absolute atomic E-state index is 10.7. The lowest BCUT2D eigenvalue weighted by molar-refractivity contribution is 0.147. The standard InChI is InChI=1S/C22H27BrN4O2/c1-26-8-10-27(11-9-26)16-19-13-20(23)12-18(22(19)29)15-25-7-6-24-14-17-4-2-3-5-21(17)28/h2-5,12-15,28-29H,6-11,16H2,1H3. The quantitative estimate of drug-likeness (QED) is 0.493. The van der Waals surface area contributed by atoms with Gasteiger partial charge in [-0.2, -0.15) is 0 Å². The molecule has 0 spiro atoms. The molecule has 0 radical (unpaired) electrons. The maximum atomic E-state index is 10.7. The van der Waals surface area contributed by atoms with Crippen molar-refractivity contribution < 1.29 is 10.2 Å². The number of aliphatic imine (C=N–C) groups is 2. The Labute approximate surface area is 180 Å². The highest BCUT2D eigenvalue weighted by atomic mass is 79.9. The van der Waals surface area contributed by atoms with Crippen LogP contribution in [0.4, 0.5) is 0 Å². The van der Waals surface area contributed by atoms with Gasteiger partial charge in [-0.25, -0.2) is 0 Å². The molecule has 0 atom stereocenters. The molecule has 0 amide bonds. The third-order valence-electron chi connectivity index (χ3n) is 4.93. The molecule has 1 aliphatic rings. The van der Waals surface area contributed by atoms with Crippen molar-refractivity contribution in [2.75, 3.05) is 46.3 Å². The van der Waals surface area contributed by atoms with E-state index in [9.17, 15) is 10.2 Å². The zero-order chi connectivity index (χ0) is 20.6. The Balaban J connectivity index is 1.57. The van der Waals surface area contributed by atoms with Crippen LogP contribution in [0.1, 0.15) is 16.7 Å². The van der Waals surface area contributed by atoms with E-state index in [0.717, 1.165) is 42.8 Å². The Morgan fingerprint density at radius 2 is 1.62 bits per heavy atom. The number of nitrogens with zero attached hydrogens (tertiary/aromatic N) is 4. The van der Waals surface area contributed by atoms with E-state index in [1.807, 2.05) is 24.3 Å². The van der Waals surface area contributed by atoms with Crippen molar-refractivity contribution in [1.29, 1.82) is 0 Å². The van der Waals surface area contributed by atoms with E-state index in [-0.39, 0.29) is 11.5 Å². The average Bonchev–Trinajstić information content (AvgIpc) is 2.70. The second kappa shape index (κ2) is 10.5. The molecular formula is C22H27BrN4O2. The minimum atomic E-state index is 0.215. The van der Waals surface area contributed by atoms with Crippen molar-refractivity contribution in [2.24, 2.45) is 9.98 Å². The van der Waals surface area contributed by atoms with Gasteiger partial charge in [0.05, 0.1) is 13.1 Å². The monoisotopic (exact) mass is 458 g/mol. The highest BCUT2D eigenvalue weighted by Gasteiger charge is 2.16. The van der Waals surface area contributed by atoms with Crippen molar-refractivity contribution in [3.8, 4) is 11.5 Å². The Morgan fingerprint density at radius 1 is 0.966 bits per heavy atom. The number of aromatic hydroxyl groups is 2. The fourth-order valence-electron chi connectivity index (χ4n) is 3.18. The maximum Gasteiger partial charge on any atom is 0.128 e. The number of benzene rings is 2. The molecule has 0 aromatic heterocycles. The summed E-state index contributed by atoms with van der Waals surface area (Å²) in [4.78, 5) is 13.4. The summed E-state index contributed by atoms with van der Waals surface area (Å²) in [6.07, 6.45) is 3.35. The normalized spacial score (nSPS) is 16.2. The van der Waals surface area contributed by atoms with Gasteiger partial charge in [0.15, 0.2) is 0 Å². The van der Waals surface area contributed by atoms with Crippen LogP contribution in [-0.2, 0) is 6.54 Å². The summed E-state index contributed by atoms with van der Waals surface area (Å²) in [6.45, 7) is 5.83. The van der Waals surface area contributed by atoms with Crippen LogP contribution in [0.2, 0.25) is 0 Å². The fraction of sp³-hybridized carbons (Fsp3) is 0.364. The number of hydrogen-bond donors (Lipinski definition) is 2. The topological polar surface area (TPSA) is 71.7 Å². The van der Waals surface area contributed by atoms with Gasteiger partial charge in [0, 0.05) is 66.3 Å². The summed E-state index contributed by atoms with van der Waals surface area (Å²) in [7, 11) is 2.13. The first kappa shape index (κ1) is 21.5. The number of para-hydroxylation sites is 1. The Kier molecular flexibility index (Phi) is 7.80. The van der Waals surface area contributed by atoms with Gasteiger partial charge in [-0.15, -0.1) is 0 Å². The van der Waals surface area contributed by atoms with Crippen LogP contribution in [0.15, 0.2) is 50.9 Å². The summed E-state index contributed by atoms with van der Waals surface area (Å²) >= 11 is 3.54. The first-order valence-corrected chi connectivity index (χ1v) is 10.5. The summed E-state index contributed by atoms with van der Waals surface area (Å²) in [5.41, 5.74) is 2.30. The van der Waals surface area contributed by atoms with Gasteiger partial charge in [-0.1, -0.05) is 28.1 Å². The van der Waals surface area contributed by atoms with Crippen molar-refractivity contribution in [3.63, 3.8) is 0 Å². The van der Waals surface area contributed by atoms with Crippen LogP contribution in [0.25, 0.3) is 0 Å². The molecule has 6 nitrogen and oxygen atoms in total. The largest absolute Gasteiger partial charge is 0.507 e. The number of likely N-dealkylation sites (N-methyl/N-ethyl adjacent to an activating group) is 1. The van der Waals surface area contributed by atoms with Crippen molar-refractivity contribution in [2.45, 2.75) is 6.54 Å². The van der Waals surface area contributed by atoms with Crippen LogP contribution in [0, 0.1) is 0 Å². The summed E-state index contributed by atoms with van der Waals surface area (Å²) in [6, 6.07) is 10.9. The van der Waals surface area contributed by atoms with Gasteiger partial charge in [-0.05, 0) is 31.3 Å². The molecule has 3 rings (SSSR count). The first-order valence-electron chi connectivity index (χ1n) is 9.73. The molecule has 1 saturated heterocycles. The van der Waals surface area contributed by atoms with E-state index in [4.69, 9.17) is 0 Å². The smallest absolute Gasteiger partial charge is 0.128 e. The molecule has 2 aromatic carbocycles. The van der Waals surface area contributed by atoms with Crippen LogP contribution in [0.3, 0.4) is 0 Å². The van der Waals surface area contributed by atoms with E-state index in [1.165, 1.54) is 0 Å². The van der Waals surface area contributed by atoms with E-state index in [1.54, 1.807) is 24.6 Å². The molecule has 7 heteroatoms. The Hall–Kier alpha value is -2.22. The predicted molar refractivity (Wildman–Crippen MR) is 122 cm³/mol. The van der Waals surface area contributed by atoms with Gasteiger partial charge in [0.1, 0.15) is 11.5 Å². The summed E-state index contributed by atoms with van der Waals surface area (Å²) < 4.78 is 0.929. The highest BCUT2D eigenvalue weighted by molar-refractivity contribution is 9.10. The fourth-order valence-corrected chi connectivity index (χ4v) is 3.71. The van der Waals surface area contributed by atoms with Crippen molar-refractivity contribution in [1.82, 2.24) is 9.80 Å². The minimum Gasteiger partial charge on any atom is -0.507 e. The molecule has 2 aromatic rings. The lowest BCUT2D eigenvalue weighted by Crippen LogP contribution is -2.43. The van der Waals surface area contributed by atoms with E-state index >= 15 is 0 Å². The van der Waals surface area contributed by atoms with E-state index in [2.05, 4.69) is 42.8 Å². The zero-order valence-corrected chi connectivity index (χ0v) is 18.2. The zero-order valence-electron chi connectivity index (χ0n) is 16.6. The molecule has 1 aliphatic heterocycles. The van der Waals surface area contributed by atoms with Gasteiger partial charge in [0.2, 0.25) is 0 Å². The number of phenols is 2. The molecule has 29 heavy (non-hydrogen) atoms. The van der Waals surface area contributed by atoms with Gasteiger partial charge < -0.3 is 15.1 Å². The molecule has 0 unspecified atom stereocenters. The molecule has 154 valence electrons. The third kappa shape index (κ3) is 6.39. The molecular weight excluding hydrogens is 432 g/mol. The number of piperazine rings is 1. The second-order valence-electron chi connectivity index (χ2n) is 7.21. The van der Waals surface area contributed by atoms with E-state index in [0.29, 0.717) is 24.2 Å². The SMILES string of the molecule is CN1CCN(Cc2cc(Br)cc(C=NCCN=Cc3ccccc3O)c2O)CC1. The van der Waals surface area contributed by atoms with Gasteiger partial charge in [0.25, 0.3) is 0 Å². The predicted octanol–water partition coefficient (Wildman–Crippen LogP) is 3.15. The lowest BCUT2D eigenvalue weighted by Gasteiger charge is -2.32. The van der Waals surface area contributed by atoms with E-state index < -0.39 is 0 Å². The number of phenolic OH excluding ortho intramolecular Hbond substituents is 2. The Bertz CT molecular complexity index is 877. The second-order valence-corrected chi connectivity index (χ2v) is 8.13. The minimum absolute atomic E-state index is 0.215.